The zero-order chi connectivity index (χ0) is 14.1. The maximum absolute atomic E-state index is 11.6. The molecule has 1 aromatic rings. The van der Waals surface area contributed by atoms with Crippen LogP contribution in [0.15, 0.2) is 24.3 Å². The summed E-state index contributed by atoms with van der Waals surface area (Å²) >= 11 is 0. The monoisotopic (exact) mass is 264 g/mol. The molecule has 1 amide bonds. The summed E-state index contributed by atoms with van der Waals surface area (Å²) in [7, 11) is 0. The molecule has 0 spiro atoms. The van der Waals surface area contributed by atoms with Crippen molar-refractivity contribution in [2.24, 2.45) is 0 Å². The largest absolute Gasteiger partial charge is 0.466 e. The van der Waals surface area contributed by atoms with Crippen LogP contribution in [0.3, 0.4) is 0 Å². The number of amides is 1. The number of hydrogen-bond donors (Lipinski definition) is 2. The first kappa shape index (κ1) is 15.2. The van der Waals surface area contributed by atoms with Gasteiger partial charge in [0.2, 0.25) is 5.91 Å². The number of hydrogen-bond acceptors (Lipinski definition) is 4. The van der Waals surface area contributed by atoms with Crippen molar-refractivity contribution in [1.29, 1.82) is 0 Å². The highest BCUT2D eigenvalue weighted by Crippen LogP contribution is 2.08. The fourth-order valence-electron chi connectivity index (χ4n) is 1.55. The predicted molar refractivity (Wildman–Crippen MR) is 73.9 cm³/mol. The highest BCUT2D eigenvalue weighted by molar-refractivity contribution is 5.92. The Hall–Kier alpha value is -1.88. The maximum Gasteiger partial charge on any atom is 0.307 e. The van der Waals surface area contributed by atoms with Crippen LogP contribution in [-0.2, 0) is 14.3 Å². The summed E-state index contributed by atoms with van der Waals surface area (Å²) in [4.78, 5) is 22.7. The molecule has 0 aromatic heterocycles. The van der Waals surface area contributed by atoms with Crippen molar-refractivity contribution >= 4 is 17.6 Å². The second kappa shape index (κ2) is 8.26. The summed E-state index contributed by atoms with van der Waals surface area (Å²) in [5.74, 6) is -0.386. The molecule has 0 heterocycles. The molecule has 0 aliphatic rings. The molecule has 19 heavy (non-hydrogen) atoms. The zero-order valence-corrected chi connectivity index (χ0v) is 11.4. The van der Waals surface area contributed by atoms with E-state index in [0.29, 0.717) is 13.2 Å². The lowest BCUT2D eigenvalue weighted by atomic mass is 10.2. The van der Waals surface area contributed by atoms with E-state index < -0.39 is 0 Å². The van der Waals surface area contributed by atoms with E-state index in [0.717, 1.165) is 11.3 Å². The lowest BCUT2D eigenvalue weighted by molar-refractivity contribution is -0.143. The van der Waals surface area contributed by atoms with Gasteiger partial charge in [-0.2, -0.15) is 0 Å². The van der Waals surface area contributed by atoms with Crippen LogP contribution in [-0.4, -0.2) is 31.6 Å². The second-order valence-corrected chi connectivity index (χ2v) is 4.15. The number of nitrogens with one attached hydrogen (secondary N) is 2. The normalized spacial score (nSPS) is 10.0. The summed E-state index contributed by atoms with van der Waals surface area (Å²) in [5.41, 5.74) is 1.87. The van der Waals surface area contributed by atoms with Crippen LogP contribution in [0.25, 0.3) is 0 Å². The van der Waals surface area contributed by atoms with Crippen molar-refractivity contribution in [3.05, 3.63) is 29.8 Å². The van der Waals surface area contributed by atoms with Crippen LogP contribution < -0.4 is 10.6 Å². The van der Waals surface area contributed by atoms with Gasteiger partial charge in [0.1, 0.15) is 0 Å². The molecule has 0 unspecified atom stereocenters. The minimum absolute atomic E-state index is 0.130. The molecule has 0 saturated heterocycles. The first-order valence-electron chi connectivity index (χ1n) is 6.34. The highest BCUT2D eigenvalue weighted by Gasteiger charge is 2.04. The minimum atomic E-state index is -0.255. The van der Waals surface area contributed by atoms with Crippen LogP contribution in [0.4, 0.5) is 5.69 Å². The highest BCUT2D eigenvalue weighted by atomic mass is 16.5. The third-order valence-electron chi connectivity index (χ3n) is 2.40. The fourth-order valence-corrected chi connectivity index (χ4v) is 1.55. The number of benzene rings is 1. The second-order valence-electron chi connectivity index (χ2n) is 4.15. The van der Waals surface area contributed by atoms with E-state index in [4.69, 9.17) is 4.74 Å². The molecular weight excluding hydrogens is 244 g/mol. The zero-order valence-electron chi connectivity index (χ0n) is 11.4. The van der Waals surface area contributed by atoms with Crippen LogP contribution in [0.5, 0.6) is 0 Å². The Bertz CT molecular complexity index is 432. The molecule has 0 radical (unpaired) electrons. The number of carbonyl (C=O) groups is 2. The number of carbonyl (C=O) groups excluding carboxylic acids is 2. The van der Waals surface area contributed by atoms with E-state index in [2.05, 4.69) is 10.6 Å². The van der Waals surface area contributed by atoms with Crippen LogP contribution in [0.2, 0.25) is 0 Å². The van der Waals surface area contributed by atoms with Gasteiger partial charge in [0, 0.05) is 12.2 Å². The molecule has 0 fully saturated rings. The molecule has 5 nitrogen and oxygen atoms in total. The van der Waals surface area contributed by atoms with Gasteiger partial charge in [0.25, 0.3) is 0 Å². The van der Waals surface area contributed by atoms with Gasteiger partial charge in [-0.15, -0.1) is 0 Å². The van der Waals surface area contributed by atoms with Crippen LogP contribution in [0.1, 0.15) is 18.9 Å². The van der Waals surface area contributed by atoms with Crippen molar-refractivity contribution < 1.29 is 14.3 Å². The quantitative estimate of drug-likeness (QED) is 0.578. The Morgan fingerprint density at radius 2 is 2.11 bits per heavy atom. The topological polar surface area (TPSA) is 67.4 Å². The van der Waals surface area contributed by atoms with Crippen LogP contribution >= 0.6 is 0 Å². The first-order valence-corrected chi connectivity index (χ1v) is 6.34. The lowest BCUT2D eigenvalue weighted by Gasteiger charge is -2.07. The molecule has 2 N–H and O–H groups in total. The van der Waals surface area contributed by atoms with Gasteiger partial charge in [-0.3, -0.25) is 9.59 Å². The van der Waals surface area contributed by atoms with Gasteiger partial charge >= 0.3 is 5.97 Å². The molecule has 0 aliphatic carbocycles. The third-order valence-corrected chi connectivity index (χ3v) is 2.40. The average Bonchev–Trinajstić information content (AvgIpc) is 2.35. The Balaban J connectivity index is 2.20. The molecule has 0 saturated carbocycles. The molecular formula is C14H20N2O3. The Kier molecular flexibility index (Phi) is 6.60. The SMILES string of the molecule is CCOC(=O)CCNCC(=O)Nc1cccc(C)c1. The third kappa shape index (κ3) is 6.57. The number of aryl methyl sites for hydroxylation is 1. The van der Waals surface area contributed by atoms with Gasteiger partial charge < -0.3 is 15.4 Å². The summed E-state index contributed by atoms with van der Waals surface area (Å²) < 4.78 is 4.78. The van der Waals surface area contributed by atoms with Crippen molar-refractivity contribution in [2.45, 2.75) is 20.3 Å². The Morgan fingerprint density at radius 1 is 1.32 bits per heavy atom. The standard InChI is InChI=1S/C14H20N2O3/c1-3-19-14(18)7-8-15-10-13(17)16-12-6-4-5-11(2)9-12/h4-6,9,15H,3,7-8,10H2,1-2H3,(H,16,17). The minimum Gasteiger partial charge on any atom is -0.466 e. The summed E-state index contributed by atoms with van der Waals surface area (Å²) in [5, 5.41) is 5.67. The van der Waals surface area contributed by atoms with Crippen molar-refractivity contribution in [1.82, 2.24) is 5.32 Å². The maximum atomic E-state index is 11.6. The van der Waals surface area contributed by atoms with E-state index in [1.807, 2.05) is 31.2 Å². The molecule has 1 aromatic carbocycles. The number of ether oxygens (including phenoxy) is 1. The Labute approximate surface area is 113 Å². The van der Waals surface area contributed by atoms with E-state index in [-0.39, 0.29) is 24.8 Å². The fraction of sp³-hybridized carbons (Fsp3) is 0.429. The van der Waals surface area contributed by atoms with Gasteiger partial charge in [0.15, 0.2) is 0 Å². The summed E-state index contributed by atoms with van der Waals surface area (Å²) in [6.07, 6.45) is 0.269. The van der Waals surface area contributed by atoms with Gasteiger partial charge in [-0.05, 0) is 31.5 Å². The predicted octanol–water partition coefficient (Wildman–Crippen LogP) is 1.48. The smallest absolute Gasteiger partial charge is 0.307 e. The van der Waals surface area contributed by atoms with E-state index in [9.17, 15) is 9.59 Å². The molecule has 0 bridgehead atoms. The van der Waals surface area contributed by atoms with Crippen molar-refractivity contribution in [2.75, 3.05) is 25.0 Å². The molecule has 1 rings (SSSR count). The van der Waals surface area contributed by atoms with Crippen LogP contribution in [0, 0.1) is 6.92 Å². The van der Waals surface area contributed by atoms with Crippen molar-refractivity contribution in [3.8, 4) is 0 Å². The number of esters is 1. The lowest BCUT2D eigenvalue weighted by Crippen LogP contribution is -2.29. The van der Waals surface area contributed by atoms with E-state index >= 15 is 0 Å². The average molecular weight is 264 g/mol. The Morgan fingerprint density at radius 3 is 2.79 bits per heavy atom. The number of anilines is 1. The molecule has 104 valence electrons. The van der Waals surface area contributed by atoms with E-state index in [1.165, 1.54) is 0 Å². The summed E-state index contributed by atoms with van der Waals surface area (Å²) in [6, 6.07) is 7.59. The molecule has 0 aliphatic heterocycles. The van der Waals surface area contributed by atoms with Gasteiger partial charge in [-0.1, -0.05) is 12.1 Å². The number of rotatable bonds is 7. The first-order chi connectivity index (χ1) is 9.11. The molecule has 0 atom stereocenters. The molecule has 5 heteroatoms. The van der Waals surface area contributed by atoms with Gasteiger partial charge in [-0.25, -0.2) is 0 Å². The van der Waals surface area contributed by atoms with Gasteiger partial charge in [0.05, 0.1) is 19.6 Å². The van der Waals surface area contributed by atoms with Crippen molar-refractivity contribution in [3.63, 3.8) is 0 Å². The van der Waals surface area contributed by atoms with E-state index in [1.54, 1.807) is 6.92 Å². The summed E-state index contributed by atoms with van der Waals surface area (Å²) in [6.45, 7) is 4.72.